The van der Waals surface area contributed by atoms with Gasteiger partial charge in [0.2, 0.25) is 5.91 Å². The van der Waals surface area contributed by atoms with Gasteiger partial charge in [-0.05, 0) is 37.6 Å². The summed E-state index contributed by atoms with van der Waals surface area (Å²) in [4.78, 5) is 15.2. The van der Waals surface area contributed by atoms with E-state index < -0.39 is 0 Å². The molecule has 2 N–H and O–H groups in total. The van der Waals surface area contributed by atoms with Gasteiger partial charge in [-0.3, -0.25) is 9.36 Å². The quantitative estimate of drug-likeness (QED) is 0.488. The third-order valence-corrected chi connectivity index (χ3v) is 5.36. The SMILES string of the molecule is CCNC(=O)CSc1nnc(-c2c[nH]c3ccccc23)n1-c1cccc(C)c1. The summed E-state index contributed by atoms with van der Waals surface area (Å²) in [5.74, 6) is 1.03. The summed E-state index contributed by atoms with van der Waals surface area (Å²) < 4.78 is 2.02. The van der Waals surface area contributed by atoms with E-state index in [2.05, 4.69) is 45.6 Å². The second-order valence-electron chi connectivity index (χ2n) is 6.47. The first-order valence-electron chi connectivity index (χ1n) is 9.16. The first kappa shape index (κ1) is 18.3. The minimum Gasteiger partial charge on any atom is -0.360 e. The van der Waals surface area contributed by atoms with Crippen molar-refractivity contribution in [2.24, 2.45) is 0 Å². The van der Waals surface area contributed by atoms with E-state index in [0.717, 1.165) is 33.5 Å². The maximum atomic E-state index is 11.9. The number of thioether (sulfide) groups is 1. The number of nitrogens with zero attached hydrogens (tertiary/aromatic N) is 3. The Bertz CT molecular complexity index is 1130. The van der Waals surface area contributed by atoms with Crippen molar-refractivity contribution >= 4 is 28.6 Å². The number of aryl methyl sites for hydroxylation is 1. The van der Waals surface area contributed by atoms with Crippen molar-refractivity contribution in [1.29, 1.82) is 0 Å². The number of aromatic nitrogens is 4. The van der Waals surface area contributed by atoms with Gasteiger partial charge >= 0.3 is 0 Å². The van der Waals surface area contributed by atoms with Crippen molar-refractivity contribution in [3.05, 3.63) is 60.3 Å². The molecule has 0 fully saturated rings. The topological polar surface area (TPSA) is 75.6 Å². The van der Waals surface area contributed by atoms with Crippen LogP contribution >= 0.6 is 11.8 Å². The van der Waals surface area contributed by atoms with Gasteiger partial charge in [-0.15, -0.1) is 10.2 Å². The summed E-state index contributed by atoms with van der Waals surface area (Å²) in [6, 6.07) is 16.3. The summed E-state index contributed by atoms with van der Waals surface area (Å²) in [7, 11) is 0. The molecule has 142 valence electrons. The molecule has 6 nitrogen and oxygen atoms in total. The number of nitrogens with one attached hydrogen (secondary N) is 2. The number of carbonyl (C=O) groups excluding carboxylic acids is 1. The molecule has 0 aliphatic heterocycles. The summed E-state index contributed by atoms with van der Waals surface area (Å²) in [5, 5.41) is 13.5. The van der Waals surface area contributed by atoms with Crippen LogP contribution in [0, 0.1) is 6.92 Å². The number of hydrogen-bond donors (Lipinski definition) is 2. The average molecular weight is 392 g/mol. The molecule has 0 radical (unpaired) electrons. The smallest absolute Gasteiger partial charge is 0.230 e. The maximum absolute atomic E-state index is 11.9. The number of fused-ring (bicyclic) bond motifs is 1. The summed E-state index contributed by atoms with van der Waals surface area (Å²) in [6.07, 6.45) is 1.96. The summed E-state index contributed by atoms with van der Waals surface area (Å²) >= 11 is 1.39. The van der Waals surface area contributed by atoms with Gasteiger partial charge in [-0.25, -0.2) is 0 Å². The first-order valence-corrected chi connectivity index (χ1v) is 10.1. The van der Waals surface area contributed by atoms with E-state index in [1.165, 1.54) is 11.8 Å². The Balaban J connectivity index is 1.81. The van der Waals surface area contributed by atoms with Crippen LogP contribution < -0.4 is 5.32 Å². The van der Waals surface area contributed by atoms with E-state index in [9.17, 15) is 4.79 Å². The molecule has 0 aliphatic carbocycles. The van der Waals surface area contributed by atoms with E-state index in [1.807, 2.05) is 48.0 Å². The largest absolute Gasteiger partial charge is 0.360 e. The van der Waals surface area contributed by atoms with Crippen LogP contribution in [-0.2, 0) is 4.79 Å². The molecule has 4 aromatic rings. The Kier molecular flexibility index (Phi) is 5.16. The predicted molar refractivity (Wildman–Crippen MR) is 113 cm³/mol. The summed E-state index contributed by atoms with van der Waals surface area (Å²) in [5.41, 5.74) is 4.15. The Labute approximate surface area is 167 Å². The summed E-state index contributed by atoms with van der Waals surface area (Å²) in [6.45, 7) is 4.58. The molecule has 2 heterocycles. The van der Waals surface area contributed by atoms with Gasteiger partial charge in [-0.2, -0.15) is 0 Å². The van der Waals surface area contributed by atoms with E-state index in [4.69, 9.17) is 0 Å². The molecule has 0 unspecified atom stereocenters. The fourth-order valence-corrected chi connectivity index (χ4v) is 3.95. The van der Waals surface area contributed by atoms with Crippen LogP contribution in [0.4, 0.5) is 0 Å². The van der Waals surface area contributed by atoms with E-state index >= 15 is 0 Å². The van der Waals surface area contributed by atoms with E-state index in [-0.39, 0.29) is 5.91 Å². The van der Waals surface area contributed by atoms with Gasteiger partial charge in [-0.1, -0.05) is 42.1 Å². The van der Waals surface area contributed by atoms with Gasteiger partial charge in [0.15, 0.2) is 11.0 Å². The van der Waals surface area contributed by atoms with Crippen LogP contribution in [0.5, 0.6) is 0 Å². The van der Waals surface area contributed by atoms with Crippen LogP contribution in [-0.4, -0.2) is 38.0 Å². The molecule has 2 aromatic carbocycles. The zero-order valence-corrected chi connectivity index (χ0v) is 16.6. The van der Waals surface area contributed by atoms with Gasteiger partial charge in [0.25, 0.3) is 0 Å². The molecule has 28 heavy (non-hydrogen) atoms. The molecule has 0 aliphatic rings. The zero-order chi connectivity index (χ0) is 19.5. The van der Waals surface area contributed by atoms with Crippen molar-refractivity contribution in [1.82, 2.24) is 25.1 Å². The lowest BCUT2D eigenvalue weighted by Gasteiger charge is -2.11. The highest BCUT2D eigenvalue weighted by molar-refractivity contribution is 7.99. The fraction of sp³-hybridized carbons (Fsp3) is 0.190. The molecule has 0 spiro atoms. The minimum atomic E-state index is -0.0139. The maximum Gasteiger partial charge on any atom is 0.230 e. The number of para-hydroxylation sites is 1. The molecule has 0 saturated carbocycles. The Morgan fingerprint density at radius 2 is 2.04 bits per heavy atom. The van der Waals surface area contributed by atoms with Crippen LogP contribution in [0.25, 0.3) is 28.0 Å². The van der Waals surface area contributed by atoms with E-state index in [0.29, 0.717) is 17.5 Å². The third-order valence-electron chi connectivity index (χ3n) is 4.43. The predicted octanol–water partition coefficient (Wildman–Crippen LogP) is 3.95. The molecule has 0 bridgehead atoms. The number of aromatic amines is 1. The molecular weight excluding hydrogens is 370 g/mol. The highest BCUT2D eigenvalue weighted by Gasteiger charge is 2.19. The lowest BCUT2D eigenvalue weighted by atomic mass is 10.1. The number of hydrogen-bond acceptors (Lipinski definition) is 4. The molecule has 1 amide bonds. The van der Waals surface area contributed by atoms with Crippen LogP contribution in [0.3, 0.4) is 0 Å². The second-order valence-corrected chi connectivity index (χ2v) is 7.41. The monoisotopic (exact) mass is 391 g/mol. The molecule has 4 rings (SSSR count). The van der Waals surface area contributed by atoms with Crippen molar-refractivity contribution in [3.8, 4) is 17.1 Å². The number of amides is 1. The number of rotatable bonds is 6. The highest BCUT2D eigenvalue weighted by Crippen LogP contribution is 2.32. The van der Waals surface area contributed by atoms with E-state index in [1.54, 1.807) is 0 Å². The molecule has 7 heteroatoms. The van der Waals surface area contributed by atoms with Crippen LogP contribution in [0.15, 0.2) is 59.9 Å². The molecule has 2 aromatic heterocycles. The van der Waals surface area contributed by atoms with Crippen LogP contribution in [0.2, 0.25) is 0 Å². The van der Waals surface area contributed by atoms with Crippen LogP contribution in [0.1, 0.15) is 12.5 Å². The van der Waals surface area contributed by atoms with Gasteiger partial charge in [0.05, 0.1) is 5.75 Å². The lowest BCUT2D eigenvalue weighted by Crippen LogP contribution is -2.24. The van der Waals surface area contributed by atoms with Crippen molar-refractivity contribution in [2.75, 3.05) is 12.3 Å². The molecule has 0 atom stereocenters. The average Bonchev–Trinajstić information content (AvgIpc) is 3.30. The van der Waals surface area contributed by atoms with Gasteiger partial charge in [0.1, 0.15) is 0 Å². The Morgan fingerprint density at radius 1 is 1.18 bits per heavy atom. The molecular formula is C21H21N5OS. The zero-order valence-electron chi connectivity index (χ0n) is 15.8. The number of H-pyrrole nitrogens is 1. The standard InChI is InChI=1S/C21H21N5OS/c1-3-22-19(27)13-28-21-25-24-20(26(21)15-8-6-7-14(2)11-15)17-12-23-18-10-5-4-9-16(17)18/h4-12,23H,3,13H2,1-2H3,(H,22,27). The Hall–Kier alpha value is -3.06. The number of benzene rings is 2. The fourth-order valence-electron chi connectivity index (χ4n) is 3.17. The first-order chi connectivity index (χ1) is 13.7. The van der Waals surface area contributed by atoms with Gasteiger partial charge < -0.3 is 10.3 Å². The normalized spacial score (nSPS) is 11.1. The van der Waals surface area contributed by atoms with Crippen molar-refractivity contribution in [2.45, 2.75) is 19.0 Å². The lowest BCUT2D eigenvalue weighted by molar-refractivity contribution is -0.118. The highest BCUT2D eigenvalue weighted by atomic mass is 32.2. The van der Waals surface area contributed by atoms with Crippen molar-refractivity contribution < 1.29 is 4.79 Å². The second kappa shape index (κ2) is 7.90. The Morgan fingerprint density at radius 3 is 2.86 bits per heavy atom. The van der Waals surface area contributed by atoms with Crippen molar-refractivity contribution in [3.63, 3.8) is 0 Å². The minimum absolute atomic E-state index is 0.0139. The third kappa shape index (κ3) is 3.53. The number of carbonyl (C=O) groups is 1. The van der Waals surface area contributed by atoms with Gasteiger partial charge in [0, 0.05) is 34.9 Å². The molecule has 0 saturated heterocycles.